The molecule has 5 nitrogen and oxygen atoms in total. The second-order valence-corrected chi connectivity index (χ2v) is 8.74. The Morgan fingerprint density at radius 1 is 1.14 bits per heavy atom. The lowest BCUT2D eigenvalue weighted by atomic mass is 9.88. The number of hydrogen-bond donors (Lipinski definition) is 0. The summed E-state index contributed by atoms with van der Waals surface area (Å²) in [5, 5.41) is 8.82. The molecule has 1 amide bonds. The van der Waals surface area contributed by atoms with Crippen LogP contribution in [0.4, 0.5) is 13.6 Å². The molecule has 2 aliphatic heterocycles. The number of hydrogen-bond acceptors (Lipinski definition) is 4. The molecule has 3 fully saturated rings. The first kappa shape index (κ1) is 20.1. The Balaban J connectivity index is 1.33. The third-order valence-electron chi connectivity index (χ3n) is 6.66. The van der Waals surface area contributed by atoms with Gasteiger partial charge in [0.25, 0.3) is 0 Å². The third kappa shape index (κ3) is 4.37. The molecule has 2 saturated heterocycles. The van der Waals surface area contributed by atoms with Crippen LogP contribution in [0.2, 0.25) is 0 Å². The van der Waals surface area contributed by atoms with Crippen molar-refractivity contribution in [1.82, 2.24) is 9.80 Å². The van der Waals surface area contributed by atoms with Gasteiger partial charge in [-0.3, -0.25) is 4.90 Å². The van der Waals surface area contributed by atoms with Crippen LogP contribution in [0, 0.1) is 28.9 Å². The highest BCUT2D eigenvalue weighted by atomic mass is 19.1. The van der Waals surface area contributed by atoms with E-state index in [0.29, 0.717) is 38.4 Å². The topological polar surface area (TPSA) is 56.6 Å². The fourth-order valence-electron chi connectivity index (χ4n) is 4.94. The Morgan fingerprint density at radius 3 is 2.41 bits per heavy atom. The predicted octanol–water partition coefficient (Wildman–Crippen LogP) is 4.20. The van der Waals surface area contributed by atoms with E-state index in [1.54, 1.807) is 6.07 Å². The van der Waals surface area contributed by atoms with E-state index < -0.39 is 17.2 Å². The van der Waals surface area contributed by atoms with Gasteiger partial charge >= 0.3 is 6.09 Å². The lowest BCUT2D eigenvalue weighted by Crippen LogP contribution is -2.47. The first-order valence-corrected chi connectivity index (χ1v) is 10.6. The number of likely N-dealkylation sites (tertiary alicyclic amines) is 1. The van der Waals surface area contributed by atoms with E-state index in [-0.39, 0.29) is 23.8 Å². The highest BCUT2D eigenvalue weighted by molar-refractivity contribution is 5.70. The largest absolute Gasteiger partial charge is 0.441 e. The van der Waals surface area contributed by atoms with E-state index >= 15 is 0 Å². The van der Waals surface area contributed by atoms with Crippen LogP contribution >= 0.6 is 0 Å². The highest BCUT2D eigenvalue weighted by Crippen LogP contribution is 2.35. The molecular weight excluding hydrogens is 376 g/mol. The molecule has 1 aliphatic carbocycles. The van der Waals surface area contributed by atoms with Crippen molar-refractivity contribution in [3.63, 3.8) is 0 Å². The van der Waals surface area contributed by atoms with Crippen LogP contribution < -0.4 is 0 Å². The molecule has 29 heavy (non-hydrogen) atoms. The van der Waals surface area contributed by atoms with Crippen LogP contribution in [0.15, 0.2) is 12.1 Å². The molecule has 0 N–H and O–H groups in total. The van der Waals surface area contributed by atoms with Gasteiger partial charge in [-0.15, -0.1) is 0 Å². The van der Waals surface area contributed by atoms with Gasteiger partial charge in [0.2, 0.25) is 0 Å². The van der Waals surface area contributed by atoms with E-state index in [9.17, 15) is 13.6 Å². The number of carbonyl (C=O) groups is 1. The van der Waals surface area contributed by atoms with Gasteiger partial charge in [0.15, 0.2) is 0 Å². The van der Waals surface area contributed by atoms with Gasteiger partial charge in [0.05, 0.1) is 18.2 Å². The molecule has 1 aromatic carbocycles. The second-order valence-electron chi connectivity index (χ2n) is 8.74. The summed E-state index contributed by atoms with van der Waals surface area (Å²) in [4.78, 5) is 16.3. The first-order valence-electron chi connectivity index (χ1n) is 10.6. The monoisotopic (exact) mass is 403 g/mol. The average molecular weight is 403 g/mol. The van der Waals surface area contributed by atoms with Crippen LogP contribution in [0.5, 0.6) is 0 Å². The number of ether oxygens (including phenoxy) is 1. The molecule has 1 saturated carbocycles. The molecule has 1 aromatic rings. The standard InChI is InChI=1S/C22H27F2N3O2/c23-19-10-17(12-25)11-20(24)18(19)14-26-8-6-22(7-9-26)15-27(21(28)29-22)13-16-4-2-1-3-5-16/h10-11,16H,1-9,13-15H2. The van der Waals surface area contributed by atoms with Crippen LogP contribution in [-0.2, 0) is 11.3 Å². The Morgan fingerprint density at radius 2 is 1.79 bits per heavy atom. The number of benzene rings is 1. The van der Waals surface area contributed by atoms with Crippen molar-refractivity contribution < 1.29 is 18.3 Å². The Bertz CT molecular complexity index is 786. The number of amides is 1. The summed E-state index contributed by atoms with van der Waals surface area (Å²) in [5.41, 5.74) is -0.496. The fraction of sp³-hybridized carbons (Fsp3) is 0.636. The number of piperidine rings is 1. The Labute approximate surface area is 170 Å². The summed E-state index contributed by atoms with van der Waals surface area (Å²) >= 11 is 0. The smallest absolute Gasteiger partial charge is 0.410 e. The minimum atomic E-state index is -0.687. The zero-order valence-corrected chi connectivity index (χ0v) is 16.6. The minimum absolute atomic E-state index is 0.0118. The van der Waals surface area contributed by atoms with Crippen molar-refractivity contribution in [2.45, 2.75) is 57.1 Å². The number of nitrogens with zero attached hydrogens (tertiary/aromatic N) is 3. The lowest BCUT2D eigenvalue weighted by Gasteiger charge is -2.37. The maximum atomic E-state index is 14.2. The minimum Gasteiger partial charge on any atom is -0.441 e. The van der Waals surface area contributed by atoms with Crippen molar-refractivity contribution in [3.05, 3.63) is 34.9 Å². The summed E-state index contributed by atoms with van der Waals surface area (Å²) in [7, 11) is 0. The van der Waals surface area contributed by atoms with Crippen molar-refractivity contribution in [1.29, 1.82) is 5.26 Å². The number of halogens is 2. The highest BCUT2D eigenvalue weighted by Gasteiger charge is 2.47. The molecule has 156 valence electrons. The summed E-state index contributed by atoms with van der Waals surface area (Å²) in [6.07, 6.45) is 7.28. The third-order valence-corrected chi connectivity index (χ3v) is 6.66. The zero-order valence-electron chi connectivity index (χ0n) is 16.6. The van der Waals surface area contributed by atoms with Crippen molar-refractivity contribution in [2.24, 2.45) is 5.92 Å². The zero-order chi connectivity index (χ0) is 20.4. The maximum Gasteiger partial charge on any atom is 0.410 e. The number of rotatable bonds is 4. The number of nitriles is 1. The summed E-state index contributed by atoms with van der Waals surface area (Å²) in [5.74, 6) is -0.797. The van der Waals surface area contributed by atoms with Gasteiger partial charge in [0.1, 0.15) is 17.2 Å². The van der Waals surface area contributed by atoms with Gasteiger partial charge in [-0.25, -0.2) is 13.6 Å². The van der Waals surface area contributed by atoms with Crippen LogP contribution in [0.3, 0.4) is 0 Å². The molecule has 0 aromatic heterocycles. The van der Waals surface area contributed by atoms with Crippen molar-refractivity contribution in [3.8, 4) is 6.07 Å². The summed E-state index contributed by atoms with van der Waals surface area (Å²) in [6, 6.07) is 3.91. The predicted molar refractivity (Wildman–Crippen MR) is 103 cm³/mol. The van der Waals surface area contributed by atoms with Crippen LogP contribution in [-0.4, -0.2) is 47.7 Å². The summed E-state index contributed by atoms with van der Waals surface area (Å²) in [6.45, 7) is 2.79. The maximum absolute atomic E-state index is 14.2. The quantitative estimate of drug-likeness (QED) is 0.756. The van der Waals surface area contributed by atoms with Gasteiger partial charge in [-0.2, -0.15) is 5.26 Å². The van der Waals surface area contributed by atoms with Crippen molar-refractivity contribution >= 4 is 6.09 Å². The Hall–Kier alpha value is -2.20. The summed E-state index contributed by atoms with van der Waals surface area (Å²) < 4.78 is 34.2. The van der Waals surface area contributed by atoms with E-state index in [0.717, 1.165) is 18.7 Å². The molecule has 2 heterocycles. The van der Waals surface area contributed by atoms with Crippen molar-refractivity contribution in [2.75, 3.05) is 26.2 Å². The SMILES string of the molecule is N#Cc1cc(F)c(CN2CCC3(CC2)CN(CC2CCCCC2)C(=O)O3)c(F)c1. The molecule has 1 spiro atoms. The van der Waals surface area contributed by atoms with Gasteiger partial charge in [-0.05, 0) is 30.9 Å². The molecule has 0 bridgehead atoms. The normalized spacial score (nSPS) is 22.7. The Kier molecular flexibility index (Phi) is 5.73. The van der Waals surface area contributed by atoms with E-state index in [2.05, 4.69) is 0 Å². The molecule has 0 atom stereocenters. The van der Waals surface area contributed by atoms with Gasteiger partial charge in [-0.1, -0.05) is 19.3 Å². The van der Waals surface area contributed by atoms with Crippen LogP contribution in [0.25, 0.3) is 0 Å². The first-order chi connectivity index (χ1) is 14.0. The van der Waals surface area contributed by atoms with Gasteiger partial charge in [0, 0.05) is 44.6 Å². The van der Waals surface area contributed by atoms with E-state index in [4.69, 9.17) is 10.00 Å². The fourth-order valence-corrected chi connectivity index (χ4v) is 4.94. The second kappa shape index (κ2) is 8.27. The van der Waals surface area contributed by atoms with Crippen LogP contribution in [0.1, 0.15) is 56.1 Å². The molecule has 0 radical (unpaired) electrons. The van der Waals surface area contributed by atoms with E-state index in [1.807, 2.05) is 9.80 Å². The molecule has 3 aliphatic rings. The van der Waals surface area contributed by atoms with Gasteiger partial charge < -0.3 is 9.64 Å². The van der Waals surface area contributed by atoms with E-state index in [1.165, 1.54) is 32.1 Å². The molecule has 4 rings (SSSR count). The molecule has 0 unspecified atom stereocenters. The lowest BCUT2D eigenvalue weighted by molar-refractivity contribution is -0.00166. The average Bonchev–Trinajstić information content (AvgIpc) is 3.01. The molecular formula is C22H27F2N3O2. The number of carbonyl (C=O) groups excluding carboxylic acids is 1. The molecule has 7 heteroatoms.